The number of aromatic nitrogens is 1. The molecular formula is C13H17ClN2O. The molecule has 17 heavy (non-hydrogen) atoms. The summed E-state index contributed by atoms with van der Waals surface area (Å²) in [4.78, 5) is 3.23. The minimum Gasteiger partial charge on any atom is -0.496 e. The molecule has 0 saturated heterocycles. The van der Waals surface area contributed by atoms with Gasteiger partial charge < -0.3 is 15.0 Å². The third-order valence-electron chi connectivity index (χ3n) is 2.92. The Morgan fingerprint density at radius 3 is 2.94 bits per heavy atom. The van der Waals surface area contributed by atoms with Crippen LogP contribution in [0.3, 0.4) is 0 Å². The van der Waals surface area contributed by atoms with Gasteiger partial charge in [0.1, 0.15) is 5.75 Å². The highest BCUT2D eigenvalue weighted by Crippen LogP contribution is 2.33. The molecule has 0 radical (unpaired) electrons. The summed E-state index contributed by atoms with van der Waals surface area (Å²) in [6.45, 7) is 1.01. The van der Waals surface area contributed by atoms with Crippen molar-refractivity contribution in [3.8, 4) is 5.75 Å². The third-order valence-corrected chi connectivity index (χ3v) is 3.24. The van der Waals surface area contributed by atoms with Gasteiger partial charge in [0, 0.05) is 11.6 Å². The molecule has 0 aliphatic rings. The second kappa shape index (κ2) is 5.43. The lowest BCUT2D eigenvalue weighted by Gasteiger charge is -2.06. The summed E-state index contributed by atoms with van der Waals surface area (Å²) < 4.78 is 5.39. The fraction of sp³-hybridized carbons (Fsp3) is 0.385. The first kappa shape index (κ1) is 12.3. The van der Waals surface area contributed by atoms with E-state index in [1.807, 2.05) is 25.4 Å². The highest BCUT2D eigenvalue weighted by Gasteiger charge is 2.11. The van der Waals surface area contributed by atoms with Gasteiger partial charge in [-0.2, -0.15) is 0 Å². The van der Waals surface area contributed by atoms with E-state index in [-0.39, 0.29) is 0 Å². The summed E-state index contributed by atoms with van der Waals surface area (Å²) in [6, 6.07) is 3.77. The SMILES string of the molecule is CNCCCc1c[nH]c2c(Cl)ccc(OC)c12. The molecule has 0 aliphatic heterocycles. The summed E-state index contributed by atoms with van der Waals surface area (Å²) in [5.74, 6) is 0.880. The van der Waals surface area contributed by atoms with E-state index >= 15 is 0 Å². The van der Waals surface area contributed by atoms with Crippen LogP contribution in [0.1, 0.15) is 12.0 Å². The molecule has 0 unspecified atom stereocenters. The second-order valence-corrected chi connectivity index (χ2v) is 4.43. The van der Waals surface area contributed by atoms with Crippen LogP contribution in [-0.4, -0.2) is 25.7 Å². The number of nitrogens with one attached hydrogen (secondary N) is 2. The van der Waals surface area contributed by atoms with Gasteiger partial charge in [0.2, 0.25) is 0 Å². The summed E-state index contributed by atoms with van der Waals surface area (Å²) in [5, 5.41) is 4.99. The number of halogens is 1. The molecule has 0 fully saturated rings. The minimum absolute atomic E-state index is 0.737. The van der Waals surface area contributed by atoms with Crippen LogP contribution >= 0.6 is 11.6 Å². The van der Waals surface area contributed by atoms with Gasteiger partial charge in [-0.3, -0.25) is 0 Å². The van der Waals surface area contributed by atoms with Crippen molar-refractivity contribution in [2.75, 3.05) is 20.7 Å². The first-order chi connectivity index (χ1) is 8.27. The standard InChI is InChI=1S/C13H17ClN2O/c1-15-7-3-4-9-8-16-13-10(14)5-6-11(17-2)12(9)13/h5-6,8,15-16H,3-4,7H2,1-2H3. The van der Waals surface area contributed by atoms with E-state index in [0.29, 0.717) is 0 Å². The van der Waals surface area contributed by atoms with Crippen LogP contribution in [0.4, 0.5) is 0 Å². The molecule has 3 nitrogen and oxygen atoms in total. The van der Waals surface area contributed by atoms with Crippen molar-refractivity contribution in [2.24, 2.45) is 0 Å². The Kier molecular flexibility index (Phi) is 3.92. The van der Waals surface area contributed by atoms with E-state index in [9.17, 15) is 0 Å². The number of aryl methyl sites for hydroxylation is 1. The van der Waals surface area contributed by atoms with Crippen LogP contribution in [-0.2, 0) is 6.42 Å². The summed E-state index contributed by atoms with van der Waals surface area (Å²) in [7, 11) is 3.65. The van der Waals surface area contributed by atoms with Gasteiger partial charge in [-0.15, -0.1) is 0 Å². The van der Waals surface area contributed by atoms with E-state index in [2.05, 4.69) is 10.3 Å². The van der Waals surface area contributed by atoms with Gasteiger partial charge in [-0.25, -0.2) is 0 Å². The largest absolute Gasteiger partial charge is 0.496 e. The Hall–Kier alpha value is -1.19. The monoisotopic (exact) mass is 252 g/mol. The van der Waals surface area contributed by atoms with Gasteiger partial charge >= 0.3 is 0 Å². The molecule has 1 heterocycles. The first-order valence-electron chi connectivity index (χ1n) is 5.75. The number of rotatable bonds is 5. The van der Waals surface area contributed by atoms with Crippen molar-refractivity contribution >= 4 is 22.5 Å². The number of hydrogen-bond acceptors (Lipinski definition) is 2. The number of aromatic amines is 1. The van der Waals surface area contributed by atoms with Crippen LogP contribution in [0, 0.1) is 0 Å². The topological polar surface area (TPSA) is 37.0 Å². The Balaban J connectivity index is 2.39. The van der Waals surface area contributed by atoms with E-state index in [1.54, 1.807) is 7.11 Å². The average molecular weight is 253 g/mol. The predicted molar refractivity (Wildman–Crippen MR) is 72.1 cm³/mol. The van der Waals surface area contributed by atoms with Crippen molar-refractivity contribution < 1.29 is 4.74 Å². The fourth-order valence-corrected chi connectivity index (χ4v) is 2.28. The molecule has 0 aliphatic carbocycles. The number of hydrogen-bond donors (Lipinski definition) is 2. The summed E-state index contributed by atoms with van der Waals surface area (Å²) in [5.41, 5.74) is 2.22. The molecule has 2 rings (SSSR count). The third kappa shape index (κ3) is 2.40. The molecule has 92 valence electrons. The van der Waals surface area contributed by atoms with Gasteiger partial charge in [0.05, 0.1) is 17.6 Å². The van der Waals surface area contributed by atoms with Crippen LogP contribution < -0.4 is 10.1 Å². The zero-order chi connectivity index (χ0) is 12.3. The molecule has 4 heteroatoms. The van der Waals surface area contributed by atoms with E-state index in [4.69, 9.17) is 16.3 Å². The Morgan fingerprint density at radius 1 is 1.41 bits per heavy atom. The fourth-order valence-electron chi connectivity index (χ4n) is 2.07. The van der Waals surface area contributed by atoms with Gasteiger partial charge in [-0.05, 0) is 44.1 Å². The molecular weight excluding hydrogens is 236 g/mol. The molecule has 0 saturated carbocycles. The van der Waals surface area contributed by atoms with E-state index in [0.717, 1.165) is 41.1 Å². The molecule has 0 bridgehead atoms. The van der Waals surface area contributed by atoms with Crippen LogP contribution in [0.25, 0.3) is 10.9 Å². The number of fused-ring (bicyclic) bond motifs is 1. The van der Waals surface area contributed by atoms with Crippen LogP contribution in [0.15, 0.2) is 18.3 Å². The maximum atomic E-state index is 6.16. The summed E-state index contributed by atoms with van der Waals surface area (Å²) in [6.07, 6.45) is 4.13. The molecule has 0 spiro atoms. The van der Waals surface area contributed by atoms with Crippen molar-refractivity contribution in [3.05, 3.63) is 28.9 Å². The van der Waals surface area contributed by atoms with E-state index in [1.165, 1.54) is 5.56 Å². The van der Waals surface area contributed by atoms with Crippen LogP contribution in [0.5, 0.6) is 5.75 Å². The van der Waals surface area contributed by atoms with Crippen molar-refractivity contribution in [1.29, 1.82) is 0 Å². The molecule has 2 N–H and O–H groups in total. The summed E-state index contributed by atoms with van der Waals surface area (Å²) >= 11 is 6.16. The normalized spacial score (nSPS) is 11.0. The van der Waals surface area contributed by atoms with E-state index < -0.39 is 0 Å². The lowest BCUT2D eigenvalue weighted by Crippen LogP contribution is -2.08. The maximum Gasteiger partial charge on any atom is 0.128 e. The van der Waals surface area contributed by atoms with Crippen molar-refractivity contribution in [2.45, 2.75) is 12.8 Å². The lowest BCUT2D eigenvalue weighted by molar-refractivity contribution is 0.419. The highest BCUT2D eigenvalue weighted by molar-refractivity contribution is 6.35. The maximum absolute atomic E-state index is 6.16. The number of ether oxygens (including phenoxy) is 1. The highest BCUT2D eigenvalue weighted by atomic mass is 35.5. The quantitative estimate of drug-likeness (QED) is 0.803. The predicted octanol–water partition coefficient (Wildman–Crippen LogP) is 2.98. The average Bonchev–Trinajstić information content (AvgIpc) is 2.76. The molecule has 1 aromatic carbocycles. The molecule has 1 aromatic heterocycles. The van der Waals surface area contributed by atoms with Gasteiger partial charge in [0.15, 0.2) is 0 Å². The molecule has 0 amide bonds. The zero-order valence-corrected chi connectivity index (χ0v) is 10.9. The van der Waals surface area contributed by atoms with Gasteiger partial charge in [0.25, 0.3) is 0 Å². The lowest BCUT2D eigenvalue weighted by atomic mass is 10.1. The Morgan fingerprint density at radius 2 is 2.24 bits per heavy atom. The van der Waals surface area contributed by atoms with Crippen LogP contribution in [0.2, 0.25) is 5.02 Å². The first-order valence-corrected chi connectivity index (χ1v) is 6.12. The number of H-pyrrole nitrogens is 1. The Bertz CT molecular complexity index is 507. The smallest absolute Gasteiger partial charge is 0.128 e. The van der Waals surface area contributed by atoms with Gasteiger partial charge in [-0.1, -0.05) is 11.6 Å². The minimum atomic E-state index is 0.737. The Labute approximate surface area is 106 Å². The molecule has 0 atom stereocenters. The number of methoxy groups -OCH3 is 1. The number of benzene rings is 1. The molecule has 2 aromatic rings. The van der Waals surface area contributed by atoms with Crippen molar-refractivity contribution in [1.82, 2.24) is 10.3 Å². The van der Waals surface area contributed by atoms with Crippen molar-refractivity contribution in [3.63, 3.8) is 0 Å². The second-order valence-electron chi connectivity index (χ2n) is 4.02. The zero-order valence-electron chi connectivity index (χ0n) is 10.1.